The average Bonchev–Trinajstić information content (AvgIpc) is 2.43. The first-order valence-electron chi connectivity index (χ1n) is 7.46. The van der Waals surface area contributed by atoms with Gasteiger partial charge in [-0.1, -0.05) is 34.1 Å². The van der Waals surface area contributed by atoms with Crippen molar-refractivity contribution in [2.24, 2.45) is 11.8 Å². The van der Waals surface area contributed by atoms with Gasteiger partial charge in [0.25, 0.3) is 0 Å². The molecule has 0 saturated carbocycles. The van der Waals surface area contributed by atoms with E-state index in [4.69, 9.17) is 0 Å². The highest BCUT2D eigenvalue weighted by Gasteiger charge is 2.35. The third-order valence-corrected chi connectivity index (χ3v) is 4.04. The molecule has 0 aromatic rings. The van der Waals surface area contributed by atoms with Crippen LogP contribution in [-0.2, 0) is 9.59 Å². The predicted molar refractivity (Wildman–Crippen MR) is 76.6 cm³/mol. The fourth-order valence-corrected chi connectivity index (χ4v) is 2.42. The summed E-state index contributed by atoms with van der Waals surface area (Å²) < 4.78 is 0. The number of nitrogens with one attached hydrogen (secondary N) is 1. The number of hydrogen-bond acceptors (Lipinski definition) is 2. The number of amides is 2. The van der Waals surface area contributed by atoms with Crippen molar-refractivity contribution in [2.75, 3.05) is 6.54 Å². The minimum Gasteiger partial charge on any atom is -0.344 e. The quantitative estimate of drug-likeness (QED) is 0.831. The van der Waals surface area contributed by atoms with Crippen LogP contribution in [0.5, 0.6) is 0 Å². The molecule has 1 heterocycles. The van der Waals surface area contributed by atoms with Crippen LogP contribution in [-0.4, -0.2) is 35.3 Å². The van der Waals surface area contributed by atoms with Crippen LogP contribution in [0.25, 0.3) is 0 Å². The van der Waals surface area contributed by atoms with Gasteiger partial charge < -0.3 is 10.2 Å². The molecule has 0 aromatic heterocycles. The zero-order valence-corrected chi connectivity index (χ0v) is 12.9. The molecule has 19 heavy (non-hydrogen) atoms. The number of hydrogen-bond donors (Lipinski definition) is 1. The van der Waals surface area contributed by atoms with Crippen molar-refractivity contribution in [1.82, 2.24) is 10.2 Å². The van der Waals surface area contributed by atoms with Crippen LogP contribution < -0.4 is 5.32 Å². The SMILES string of the molecule is CCC(C)C1NC(=O)CC(C)N(CCC(C)C)C1=O. The van der Waals surface area contributed by atoms with Gasteiger partial charge in [0.15, 0.2) is 0 Å². The van der Waals surface area contributed by atoms with Gasteiger partial charge in [-0.2, -0.15) is 0 Å². The smallest absolute Gasteiger partial charge is 0.245 e. The monoisotopic (exact) mass is 268 g/mol. The van der Waals surface area contributed by atoms with Gasteiger partial charge in [-0.05, 0) is 25.2 Å². The van der Waals surface area contributed by atoms with E-state index in [1.807, 2.05) is 18.7 Å². The fourth-order valence-electron chi connectivity index (χ4n) is 2.42. The maximum atomic E-state index is 12.6. The molecule has 110 valence electrons. The Morgan fingerprint density at radius 1 is 1.32 bits per heavy atom. The normalized spacial score (nSPS) is 26.3. The van der Waals surface area contributed by atoms with Crippen LogP contribution >= 0.6 is 0 Å². The summed E-state index contributed by atoms with van der Waals surface area (Å²) in [7, 11) is 0. The summed E-state index contributed by atoms with van der Waals surface area (Å²) in [6.07, 6.45) is 2.29. The second kappa shape index (κ2) is 6.92. The summed E-state index contributed by atoms with van der Waals surface area (Å²) in [5.74, 6) is 0.837. The van der Waals surface area contributed by atoms with E-state index in [9.17, 15) is 9.59 Å². The van der Waals surface area contributed by atoms with Crippen molar-refractivity contribution in [2.45, 2.75) is 66.0 Å². The molecular formula is C15H28N2O2. The summed E-state index contributed by atoms with van der Waals surface area (Å²) >= 11 is 0. The maximum Gasteiger partial charge on any atom is 0.245 e. The Labute approximate surface area is 116 Å². The molecular weight excluding hydrogens is 240 g/mol. The van der Waals surface area contributed by atoms with Gasteiger partial charge in [0.05, 0.1) is 0 Å². The highest BCUT2D eigenvalue weighted by Crippen LogP contribution is 2.19. The zero-order chi connectivity index (χ0) is 14.6. The molecule has 4 heteroatoms. The third-order valence-electron chi connectivity index (χ3n) is 4.04. The first-order valence-corrected chi connectivity index (χ1v) is 7.46. The Kier molecular flexibility index (Phi) is 5.83. The molecule has 1 aliphatic rings. The molecule has 3 atom stereocenters. The van der Waals surface area contributed by atoms with Crippen molar-refractivity contribution in [3.05, 3.63) is 0 Å². The van der Waals surface area contributed by atoms with E-state index in [1.165, 1.54) is 0 Å². The molecule has 0 aromatic carbocycles. The molecule has 1 N–H and O–H groups in total. The number of carbonyl (C=O) groups is 2. The van der Waals surface area contributed by atoms with Gasteiger partial charge in [-0.25, -0.2) is 0 Å². The van der Waals surface area contributed by atoms with Crippen LogP contribution in [0, 0.1) is 11.8 Å². The summed E-state index contributed by atoms with van der Waals surface area (Å²) in [4.78, 5) is 26.4. The average molecular weight is 268 g/mol. The minimum absolute atomic E-state index is 0.000283. The van der Waals surface area contributed by atoms with Gasteiger partial charge in [0, 0.05) is 19.0 Å². The Hall–Kier alpha value is -1.06. The standard InChI is InChI=1S/C15H28N2O2/c1-6-11(4)14-15(19)17(8-7-10(2)3)12(5)9-13(18)16-14/h10-12,14H,6-9H2,1-5H3,(H,16,18). The van der Waals surface area contributed by atoms with Gasteiger partial charge in [-0.15, -0.1) is 0 Å². The van der Waals surface area contributed by atoms with Crippen molar-refractivity contribution in [3.8, 4) is 0 Å². The Morgan fingerprint density at radius 2 is 1.95 bits per heavy atom. The summed E-state index contributed by atoms with van der Waals surface area (Å²) in [5, 5.41) is 2.90. The van der Waals surface area contributed by atoms with E-state index in [0.717, 1.165) is 19.4 Å². The van der Waals surface area contributed by atoms with Crippen molar-refractivity contribution < 1.29 is 9.59 Å². The van der Waals surface area contributed by atoms with E-state index in [0.29, 0.717) is 12.3 Å². The summed E-state index contributed by atoms with van der Waals surface area (Å²) in [6, 6.07) is -0.352. The molecule has 0 spiro atoms. The maximum absolute atomic E-state index is 12.6. The van der Waals surface area contributed by atoms with Crippen LogP contribution in [0.3, 0.4) is 0 Å². The Balaban J connectivity index is 2.86. The molecule has 2 amide bonds. The number of nitrogens with zero attached hydrogens (tertiary/aromatic N) is 1. The molecule has 0 aliphatic carbocycles. The molecule has 1 fully saturated rings. The topological polar surface area (TPSA) is 49.4 Å². The lowest BCUT2D eigenvalue weighted by atomic mass is 9.97. The highest BCUT2D eigenvalue weighted by molar-refractivity contribution is 5.90. The van der Waals surface area contributed by atoms with E-state index in [-0.39, 0.29) is 29.8 Å². The predicted octanol–water partition coefficient (Wildman–Crippen LogP) is 2.18. The lowest BCUT2D eigenvalue weighted by molar-refractivity contribution is -0.136. The van der Waals surface area contributed by atoms with Gasteiger partial charge >= 0.3 is 0 Å². The third kappa shape index (κ3) is 4.22. The van der Waals surface area contributed by atoms with Gasteiger partial charge in [0.2, 0.25) is 11.8 Å². The van der Waals surface area contributed by atoms with Crippen molar-refractivity contribution in [1.29, 1.82) is 0 Å². The van der Waals surface area contributed by atoms with Gasteiger partial charge in [0.1, 0.15) is 6.04 Å². The van der Waals surface area contributed by atoms with Crippen molar-refractivity contribution in [3.63, 3.8) is 0 Å². The Morgan fingerprint density at radius 3 is 2.47 bits per heavy atom. The molecule has 1 aliphatic heterocycles. The Bertz CT molecular complexity index is 328. The lowest BCUT2D eigenvalue weighted by Gasteiger charge is -2.31. The molecule has 0 bridgehead atoms. The lowest BCUT2D eigenvalue weighted by Crippen LogP contribution is -2.49. The molecule has 4 nitrogen and oxygen atoms in total. The zero-order valence-electron chi connectivity index (χ0n) is 12.9. The van der Waals surface area contributed by atoms with E-state index < -0.39 is 0 Å². The molecule has 1 rings (SSSR count). The van der Waals surface area contributed by atoms with E-state index in [1.54, 1.807) is 0 Å². The summed E-state index contributed by atoms with van der Waals surface area (Å²) in [6.45, 7) is 11.1. The number of carbonyl (C=O) groups excluding carboxylic acids is 2. The second-order valence-electron chi connectivity index (χ2n) is 6.20. The molecule has 1 saturated heterocycles. The minimum atomic E-state index is -0.352. The summed E-state index contributed by atoms with van der Waals surface area (Å²) in [5.41, 5.74) is 0. The van der Waals surface area contributed by atoms with Crippen LogP contribution in [0.15, 0.2) is 0 Å². The van der Waals surface area contributed by atoms with Crippen LogP contribution in [0.1, 0.15) is 53.9 Å². The second-order valence-corrected chi connectivity index (χ2v) is 6.20. The number of rotatable bonds is 5. The van der Waals surface area contributed by atoms with Crippen LogP contribution in [0.2, 0.25) is 0 Å². The first kappa shape index (κ1) is 16.0. The molecule has 3 unspecified atom stereocenters. The molecule has 0 radical (unpaired) electrons. The van der Waals surface area contributed by atoms with Crippen molar-refractivity contribution >= 4 is 11.8 Å². The fraction of sp³-hybridized carbons (Fsp3) is 0.867. The van der Waals surface area contributed by atoms with E-state index >= 15 is 0 Å². The largest absolute Gasteiger partial charge is 0.344 e. The van der Waals surface area contributed by atoms with Gasteiger partial charge in [-0.3, -0.25) is 9.59 Å². The first-order chi connectivity index (χ1) is 8.86. The van der Waals surface area contributed by atoms with Crippen LogP contribution in [0.4, 0.5) is 0 Å². The highest BCUT2D eigenvalue weighted by atomic mass is 16.2. The van der Waals surface area contributed by atoms with E-state index in [2.05, 4.69) is 26.1 Å².